The molecule has 0 saturated carbocycles. The van der Waals surface area contributed by atoms with Crippen molar-refractivity contribution >= 4 is 31.1 Å². The zero-order chi connectivity index (χ0) is 8.81. The third kappa shape index (κ3) is 3.46. The molecule has 0 bridgehead atoms. The van der Waals surface area contributed by atoms with Crippen LogP contribution in [-0.4, -0.2) is 18.2 Å². The van der Waals surface area contributed by atoms with Crippen molar-refractivity contribution in [1.82, 2.24) is 0 Å². The molecule has 0 fully saturated rings. The predicted molar refractivity (Wildman–Crippen MR) is 59.0 cm³/mol. The fraction of sp³-hybridized carbons (Fsp3) is 0.400. The molecule has 0 amide bonds. The fourth-order valence-corrected chi connectivity index (χ4v) is 2.60. The van der Waals surface area contributed by atoms with E-state index >= 15 is 0 Å². The van der Waals surface area contributed by atoms with Crippen molar-refractivity contribution in [3.8, 4) is 0 Å². The number of hydrogen-bond donors (Lipinski definition) is 0. The van der Waals surface area contributed by atoms with E-state index in [-0.39, 0.29) is 18.2 Å². The van der Waals surface area contributed by atoms with E-state index < -0.39 is 0 Å². The quantitative estimate of drug-likeness (QED) is 0.705. The van der Waals surface area contributed by atoms with Gasteiger partial charge < -0.3 is 12.9 Å². The van der Waals surface area contributed by atoms with Crippen molar-refractivity contribution < 1.29 is 0 Å². The minimum atomic E-state index is 0.0678. The average Bonchev–Trinajstić information content (AvgIpc) is 2.15. The highest BCUT2D eigenvalue weighted by molar-refractivity contribution is 9.23. The number of aryl methyl sites for hydroxylation is 2. The smallest absolute Gasteiger partial charge is 0.307 e. The van der Waals surface area contributed by atoms with Crippen LogP contribution in [0.2, 0.25) is 4.55 Å². The van der Waals surface area contributed by atoms with Gasteiger partial charge in [0, 0.05) is 0 Å². The van der Waals surface area contributed by atoms with E-state index in [1.807, 2.05) is 0 Å². The van der Waals surface area contributed by atoms with Crippen molar-refractivity contribution in [3.05, 3.63) is 35.4 Å². The molecule has 0 radical (unpaired) electrons. The number of halogens is 1. The SMILES string of the molecule is CCc1ccc(C[CH2][Mg][Br])cc1. The standard InChI is InChI=1S/C10H13.BrH.Mg/c1-3-9-5-7-10(4-2)8-6-9;;/h5-8H,1,3-4H2,2H3;1H;/q;;+1/p-1. The Morgan fingerprint density at radius 3 is 2.25 bits per heavy atom. The second kappa shape index (κ2) is 6.00. The molecule has 62 valence electrons. The van der Waals surface area contributed by atoms with E-state index in [1.165, 1.54) is 22.1 Å². The lowest BCUT2D eigenvalue weighted by Crippen LogP contribution is -1.87. The van der Waals surface area contributed by atoms with E-state index in [9.17, 15) is 0 Å². The molecule has 0 spiro atoms. The highest BCUT2D eigenvalue weighted by Gasteiger charge is 1.94. The largest absolute Gasteiger partial charge is 0.468 e. The average molecular weight is 237 g/mol. The fourth-order valence-electron chi connectivity index (χ4n) is 1.21. The summed E-state index contributed by atoms with van der Waals surface area (Å²) in [7, 11) is 0. The summed E-state index contributed by atoms with van der Waals surface area (Å²) in [5, 5.41) is 0. The van der Waals surface area contributed by atoms with Crippen LogP contribution < -0.4 is 0 Å². The van der Waals surface area contributed by atoms with Gasteiger partial charge in [0.25, 0.3) is 0 Å². The molecule has 0 aromatic heterocycles. The van der Waals surface area contributed by atoms with Crippen molar-refractivity contribution in [2.75, 3.05) is 0 Å². The molecule has 0 N–H and O–H groups in total. The third-order valence-electron chi connectivity index (χ3n) is 2.03. The first-order valence-corrected chi connectivity index (χ1v) is 9.40. The number of benzene rings is 1. The van der Waals surface area contributed by atoms with Crippen molar-refractivity contribution in [1.29, 1.82) is 0 Å². The predicted octanol–water partition coefficient (Wildman–Crippen LogP) is 3.22. The molecule has 0 heterocycles. The van der Waals surface area contributed by atoms with Gasteiger partial charge in [-0.05, 0) is 18.4 Å². The lowest BCUT2D eigenvalue weighted by atomic mass is 10.1. The normalized spacial score (nSPS) is 9.50. The summed E-state index contributed by atoms with van der Waals surface area (Å²) in [5.41, 5.74) is 2.92. The summed E-state index contributed by atoms with van der Waals surface area (Å²) in [6.07, 6.45) is 2.40. The molecule has 2 heteroatoms. The number of rotatable bonds is 4. The van der Waals surface area contributed by atoms with E-state index in [0.29, 0.717) is 0 Å². The van der Waals surface area contributed by atoms with Gasteiger partial charge in [-0.3, -0.25) is 0 Å². The van der Waals surface area contributed by atoms with E-state index in [0.717, 1.165) is 6.42 Å². The highest BCUT2D eigenvalue weighted by atomic mass is 79.9. The molecule has 0 atom stereocenters. The Kier molecular flexibility index (Phi) is 5.27. The summed E-state index contributed by atoms with van der Waals surface area (Å²) in [6, 6.07) is 9.00. The van der Waals surface area contributed by atoms with Crippen LogP contribution in [-0.2, 0) is 12.8 Å². The van der Waals surface area contributed by atoms with E-state index in [2.05, 4.69) is 44.1 Å². The molecule has 0 aliphatic rings. The van der Waals surface area contributed by atoms with Gasteiger partial charge in [0.15, 0.2) is 0 Å². The Hall–Kier alpha value is 0.466. The van der Waals surface area contributed by atoms with Crippen molar-refractivity contribution in [2.45, 2.75) is 24.3 Å². The molecule has 12 heavy (non-hydrogen) atoms. The third-order valence-corrected chi connectivity index (χ3v) is 4.33. The molecule has 0 saturated heterocycles. The van der Waals surface area contributed by atoms with Gasteiger partial charge in [0.05, 0.1) is 0 Å². The Balaban J connectivity index is 2.53. The maximum Gasteiger partial charge on any atom is 0.468 e. The zero-order valence-corrected chi connectivity index (χ0v) is 10.5. The molecule has 0 unspecified atom stereocenters. The first-order valence-electron chi connectivity index (χ1n) is 4.50. The Bertz CT molecular complexity index is 218. The summed E-state index contributed by atoms with van der Waals surface area (Å²) in [6.45, 7) is 2.19. The van der Waals surface area contributed by atoms with Crippen LogP contribution >= 0.6 is 12.9 Å². The van der Waals surface area contributed by atoms with E-state index in [4.69, 9.17) is 0 Å². The first-order chi connectivity index (χ1) is 5.86. The minimum Gasteiger partial charge on any atom is -0.307 e. The van der Waals surface area contributed by atoms with Crippen LogP contribution in [0.1, 0.15) is 18.1 Å². The van der Waals surface area contributed by atoms with Crippen molar-refractivity contribution in [3.63, 3.8) is 0 Å². The van der Waals surface area contributed by atoms with Gasteiger partial charge in [-0.25, -0.2) is 0 Å². The van der Waals surface area contributed by atoms with Crippen LogP contribution in [0, 0.1) is 0 Å². The molecule has 1 aromatic rings. The highest BCUT2D eigenvalue weighted by Crippen LogP contribution is 2.07. The van der Waals surface area contributed by atoms with Gasteiger partial charge in [0.2, 0.25) is 0 Å². The topological polar surface area (TPSA) is 0 Å². The summed E-state index contributed by atoms with van der Waals surface area (Å²) < 4.78 is 1.37. The molecular formula is C10H13BrMg. The summed E-state index contributed by atoms with van der Waals surface area (Å²) >= 11 is 3.64. The molecule has 0 aliphatic carbocycles. The second-order valence-electron chi connectivity index (χ2n) is 2.96. The van der Waals surface area contributed by atoms with Gasteiger partial charge in [0.1, 0.15) is 0 Å². The lowest BCUT2D eigenvalue weighted by molar-refractivity contribution is 1.10. The molecule has 0 aliphatic heterocycles. The Morgan fingerprint density at radius 1 is 1.17 bits per heavy atom. The minimum absolute atomic E-state index is 0.0678. The Labute approximate surface area is 90.3 Å². The second-order valence-corrected chi connectivity index (χ2v) is 6.43. The summed E-state index contributed by atoms with van der Waals surface area (Å²) in [4.78, 5) is 0. The Morgan fingerprint density at radius 2 is 1.75 bits per heavy atom. The van der Waals surface area contributed by atoms with Crippen LogP contribution in [0.15, 0.2) is 24.3 Å². The maximum absolute atomic E-state index is 3.57. The van der Waals surface area contributed by atoms with Crippen LogP contribution in [0.3, 0.4) is 0 Å². The number of hydrogen-bond acceptors (Lipinski definition) is 0. The molecule has 1 rings (SSSR count). The maximum atomic E-state index is 3.57. The molecular weight excluding hydrogens is 224 g/mol. The van der Waals surface area contributed by atoms with Crippen LogP contribution in [0.25, 0.3) is 0 Å². The molecule has 1 aromatic carbocycles. The monoisotopic (exact) mass is 236 g/mol. The van der Waals surface area contributed by atoms with Gasteiger partial charge in [-0.2, -0.15) is 0 Å². The summed E-state index contributed by atoms with van der Waals surface area (Å²) in [5.74, 6) is 0. The van der Waals surface area contributed by atoms with Crippen LogP contribution in [0.5, 0.6) is 0 Å². The van der Waals surface area contributed by atoms with Gasteiger partial charge in [-0.1, -0.05) is 36.8 Å². The zero-order valence-electron chi connectivity index (χ0n) is 7.52. The van der Waals surface area contributed by atoms with E-state index in [1.54, 1.807) is 0 Å². The first kappa shape index (κ1) is 10.5. The molecule has 0 nitrogen and oxygen atoms in total. The lowest BCUT2D eigenvalue weighted by Gasteiger charge is -2.00. The van der Waals surface area contributed by atoms with Crippen molar-refractivity contribution in [2.24, 2.45) is 0 Å². The van der Waals surface area contributed by atoms with Gasteiger partial charge >= 0.3 is 18.2 Å². The van der Waals surface area contributed by atoms with Crippen LogP contribution in [0.4, 0.5) is 0 Å². The van der Waals surface area contributed by atoms with Gasteiger partial charge in [-0.15, -0.1) is 4.55 Å².